The number of rotatable bonds is 4. The summed E-state index contributed by atoms with van der Waals surface area (Å²) in [5.74, 6) is 1.72. The second kappa shape index (κ2) is 10.3. The van der Waals surface area contributed by atoms with Gasteiger partial charge < -0.3 is 4.57 Å². The molecule has 3 aromatic heterocycles. The molecule has 8 rings (SSSR count). The van der Waals surface area contributed by atoms with E-state index in [1.54, 1.807) is 0 Å². The maximum Gasteiger partial charge on any atom is 0.238 e. The van der Waals surface area contributed by atoms with E-state index in [-0.39, 0.29) is 0 Å². The molecule has 0 aliphatic carbocycles. The van der Waals surface area contributed by atoms with Crippen molar-refractivity contribution in [3.8, 4) is 34.4 Å². The molecule has 0 N–H and O–H groups in total. The van der Waals surface area contributed by atoms with Crippen molar-refractivity contribution in [1.82, 2.24) is 24.1 Å². The Balaban J connectivity index is 1.61. The maximum atomic E-state index is 5.12. The van der Waals surface area contributed by atoms with E-state index >= 15 is 0 Å². The Labute approximate surface area is 253 Å². The molecule has 44 heavy (non-hydrogen) atoms. The Morgan fingerprint density at radius 2 is 0.818 bits per heavy atom. The summed E-state index contributed by atoms with van der Waals surface area (Å²) < 4.78 is 4.40. The van der Waals surface area contributed by atoms with E-state index in [9.17, 15) is 0 Å². The van der Waals surface area contributed by atoms with Crippen LogP contribution in [0.25, 0.3) is 69.4 Å². The first-order chi connectivity index (χ1) is 21.7. The van der Waals surface area contributed by atoms with Crippen molar-refractivity contribution in [2.75, 3.05) is 0 Å². The number of hydrogen-bond acceptors (Lipinski definition) is 3. The van der Waals surface area contributed by atoms with E-state index in [4.69, 9.17) is 15.0 Å². The van der Waals surface area contributed by atoms with Crippen LogP contribution in [0.15, 0.2) is 140 Å². The van der Waals surface area contributed by atoms with Gasteiger partial charge in [0.1, 0.15) is 0 Å². The highest BCUT2D eigenvalue weighted by Gasteiger charge is 2.18. The zero-order valence-corrected chi connectivity index (χ0v) is 23.9. The first-order valence-corrected chi connectivity index (χ1v) is 14.5. The molecule has 5 aromatic carbocycles. The Morgan fingerprint density at radius 1 is 0.409 bits per heavy atom. The van der Waals surface area contributed by atoms with Crippen LogP contribution in [0.1, 0.15) is 0 Å². The van der Waals surface area contributed by atoms with Crippen LogP contribution < -0.4 is 10.4 Å². The zero-order valence-electron chi connectivity index (χ0n) is 23.9. The molecule has 0 atom stereocenters. The molecule has 3 heterocycles. The SMILES string of the molecule is C=c1/c(=c2\c(=C)c3ccccc3n2-c2nc(-c3ccccc3)nc(-c3ccccc3)n2)n(-c2ccccc2)c2ccccc12. The molecule has 0 unspecified atom stereocenters. The van der Waals surface area contributed by atoms with Gasteiger partial charge in [-0.1, -0.05) is 128 Å². The third kappa shape index (κ3) is 4.06. The van der Waals surface area contributed by atoms with Gasteiger partial charge in [-0.2, -0.15) is 9.97 Å². The summed E-state index contributed by atoms with van der Waals surface area (Å²) in [5.41, 5.74) is 4.90. The molecule has 0 aliphatic rings. The van der Waals surface area contributed by atoms with Gasteiger partial charge in [0.2, 0.25) is 5.95 Å². The van der Waals surface area contributed by atoms with Crippen molar-refractivity contribution in [2.45, 2.75) is 0 Å². The molecular weight excluding hydrogens is 538 g/mol. The van der Waals surface area contributed by atoms with Crippen LogP contribution >= 0.6 is 0 Å². The van der Waals surface area contributed by atoms with Crippen LogP contribution in [0, 0.1) is 10.7 Å². The number of fused-ring (bicyclic) bond motifs is 2. The monoisotopic (exact) mass is 565 g/mol. The maximum absolute atomic E-state index is 5.12. The minimum absolute atomic E-state index is 0.517. The van der Waals surface area contributed by atoms with Gasteiger partial charge in [-0.05, 0) is 24.3 Å². The highest BCUT2D eigenvalue weighted by atomic mass is 15.2. The molecule has 8 aromatic rings. The van der Waals surface area contributed by atoms with Gasteiger partial charge >= 0.3 is 0 Å². The van der Waals surface area contributed by atoms with Gasteiger partial charge in [-0.25, -0.2) is 4.98 Å². The third-order valence-corrected chi connectivity index (χ3v) is 8.09. The normalized spacial score (nSPS) is 12.2. The standard InChI is InChI=1S/C39H27N5/c1-26-31-22-12-14-24-33(31)43(30-20-10-5-11-21-30)35(26)36-27(2)32-23-13-15-25-34(32)44(36)39-41-37(28-16-6-3-7-17-28)40-38(42-39)29-18-8-4-9-19-29/h3-25H,1-2H2/b36-35-. The number of nitrogens with zero attached hydrogens (tertiary/aromatic N) is 5. The molecule has 5 heteroatoms. The molecule has 0 bridgehead atoms. The second-order valence-electron chi connectivity index (χ2n) is 10.7. The molecule has 0 saturated carbocycles. The Hall–Kier alpha value is -6.07. The van der Waals surface area contributed by atoms with E-state index in [1.807, 2.05) is 78.9 Å². The lowest BCUT2D eigenvalue weighted by molar-refractivity contribution is 0.895. The van der Waals surface area contributed by atoms with Gasteiger partial charge in [0, 0.05) is 38.0 Å². The minimum atomic E-state index is 0.517. The van der Waals surface area contributed by atoms with E-state index in [0.29, 0.717) is 17.6 Å². The summed E-state index contributed by atoms with van der Waals surface area (Å²) >= 11 is 0. The van der Waals surface area contributed by atoms with Gasteiger partial charge in [-0.3, -0.25) is 4.57 Å². The number of para-hydroxylation sites is 3. The molecular formula is C39H27N5. The molecule has 0 aliphatic heterocycles. The third-order valence-electron chi connectivity index (χ3n) is 8.09. The van der Waals surface area contributed by atoms with E-state index in [2.05, 4.69) is 83.0 Å². The topological polar surface area (TPSA) is 48.5 Å². The Morgan fingerprint density at radius 3 is 1.34 bits per heavy atom. The number of hydrogen-bond donors (Lipinski definition) is 0. The smallest absolute Gasteiger partial charge is 0.238 e. The van der Waals surface area contributed by atoms with Crippen LogP contribution in [0.4, 0.5) is 0 Å². The van der Waals surface area contributed by atoms with E-state index < -0.39 is 0 Å². The van der Waals surface area contributed by atoms with Crippen molar-refractivity contribution in [1.29, 1.82) is 0 Å². The van der Waals surface area contributed by atoms with Crippen molar-refractivity contribution in [3.05, 3.63) is 161 Å². The average Bonchev–Trinajstić information content (AvgIpc) is 3.55. The van der Waals surface area contributed by atoms with Crippen molar-refractivity contribution < 1.29 is 0 Å². The van der Waals surface area contributed by atoms with Crippen LogP contribution in [0.3, 0.4) is 0 Å². The van der Waals surface area contributed by atoms with Gasteiger partial charge in [0.25, 0.3) is 0 Å². The van der Waals surface area contributed by atoms with Gasteiger partial charge in [0.05, 0.1) is 21.7 Å². The minimum Gasteiger partial charge on any atom is -0.307 e. The van der Waals surface area contributed by atoms with E-state index in [0.717, 1.165) is 59.8 Å². The first-order valence-electron chi connectivity index (χ1n) is 14.5. The predicted molar refractivity (Wildman–Crippen MR) is 179 cm³/mol. The number of benzene rings is 5. The predicted octanol–water partition coefficient (Wildman–Crippen LogP) is 7.20. The fourth-order valence-corrected chi connectivity index (χ4v) is 6.06. The molecule has 0 fully saturated rings. The quantitative estimate of drug-likeness (QED) is 0.227. The summed E-state index contributed by atoms with van der Waals surface area (Å²) in [6, 6.07) is 47.1. The van der Waals surface area contributed by atoms with Crippen LogP contribution in [-0.2, 0) is 0 Å². The first kappa shape index (κ1) is 25.6. The summed E-state index contributed by atoms with van der Waals surface area (Å²) in [5, 5.41) is 5.73. The van der Waals surface area contributed by atoms with Gasteiger partial charge in [-0.15, -0.1) is 0 Å². The van der Waals surface area contributed by atoms with Crippen molar-refractivity contribution in [3.63, 3.8) is 0 Å². The zero-order chi connectivity index (χ0) is 29.6. The Kier molecular flexibility index (Phi) is 6.02. The molecule has 0 radical (unpaired) electrons. The lowest BCUT2D eigenvalue weighted by Gasteiger charge is -2.11. The second-order valence-corrected chi connectivity index (χ2v) is 10.7. The largest absolute Gasteiger partial charge is 0.307 e. The van der Waals surface area contributed by atoms with Crippen LogP contribution in [0.2, 0.25) is 0 Å². The van der Waals surface area contributed by atoms with Crippen LogP contribution in [0.5, 0.6) is 0 Å². The summed E-state index contributed by atoms with van der Waals surface area (Å²) in [6.45, 7) is 9.28. The molecule has 208 valence electrons. The van der Waals surface area contributed by atoms with Crippen LogP contribution in [-0.4, -0.2) is 24.1 Å². The molecule has 0 saturated heterocycles. The number of aromatic nitrogens is 5. The van der Waals surface area contributed by atoms with E-state index in [1.165, 1.54) is 0 Å². The van der Waals surface area contributed by atoms with Crippen molar-refractivity contribution >= 4 is 35.0 Å². The Bertz CT molecular complexity index is 2460. The molecule has 5 nitrogen and oxygen atoms in total. The molecule has 0 amide bonds. The summed E-state index contributed by atoms with van der Waals surface area (Å²) in [4.78, 5) is 15.2. The fraction of sp³-hybridized carbons (Fsp3) is 0. The van der Waals surface area contributed by atoms with Crippen molar-refractivity contribution in [2.24, 2.45) is 0 Å². The molecule has 0 spiro atoms. The highest BCUT2D eigenvalue weighted by molar-refractivity contribution is 5.85. The van der Waals surface area contributed by atoms with Gasteiger partial charge in [0.15, 0.2) is 11.6 Å². The highest BCUT2D eigenvalue weighted by Crippen LogP contribution is 2.25. The fourth-order valence-electron chi connectivity index (χ4n) is 6.06. The average molecular weight is 566 g/mol. The summed E-state index contributed by atoms with van der Waals surface area (Å²) in [6.07, 6.45) is 0. The lowest BCUT2D eigenvalue weighted by atomic mass is 10.2. The summed E-state index contributed by atoms with van der Waals surface area (Å²) in [7, 11) is 0. The lowest BCUT2D eigenvalue weighted by Crippen LogP contribution is -2.13.